The molecule has 0 bridgehead atoms. The molecule has 1 aromatic heterocycles. The van der Waals surface area contributed by atoms with Gasteiger partial charge in [-0.15, -0.1) is 0 Å². The summed E-state index contributed by atoms with van der Waals surface area (Å²) in [4.78, 5) is 11.0. The zero-order valence-electron chi connectivity index (χ0n) is 9.53. The molecule has 5 heteroatoms. The van der Waals surface area contributed by atoms with Crippen LogP contribution in [-0.4, -0.2) is 29.8 Å². The molecule has 2 heterocycles. The molecule has 0 radical (unpaired) electrons. The van der Waals surface area contributed by atoms with E-state index in [9.17, 15) is 4.79 Å². The monoisotopic (exact) mass is 224 g/mol. The van der Waals surface area contributed by atoms with Gasteiger partial charge in [0, 0.05) is 19.0 Å². The molecule has 1 amide bonds. The summed E-state index contributed by atoms with van der Waals surface area (Å²) in [5, 5.41) is 0. The second kappa shape index (κ2) is 3.92. The Bertz CT molecular complexity index is 413. The number of amides is 1. The van der Waals surface area contributed by atoms with E-state index in [1.807, 2.05) is 11.5 Å². The lowest BCUT2D eigenvalue weighted by Crippen LogP contribution is -2.42. The van der Waals surface area contributed by atoms with Gasteiger partial charge in [0.2, 0.25) is 5.91 Å². The normalized spacial score (nSPS) is 24.1. The molecule has 88 valence electrons. The van der Waals surface area contributed by atoms with Crippen LogP contribution in [0.5, 0.6) is 0 Å². The fraction of sp³-hybridized carbons (Fsp3) is 0.545. The minimum atomic E-state index is -0.407. The summed E-state index contributed by atoms with van der Waals surface area (Å²) in [5.74, 6) is -0.407. The van der Waals surface area contributed by atoms with Crippen molar-refractivity contribution < 1.29 is 14.3 Å². The van der Waals surface area contributed by atoms with Crippen LogP contribution < -0.4 is 5.73 Å². The molecule has 0 fully saturated rings. The highest BCUT2D eigenvalue weighted by atomic mass is 16.5. The van der Waals surface area contributed by atoms with Crippen LogP contribution in [0.15, 0.2) is 12.3 Å². The van der Waals surface area contributed by atoms with Crippen molar-refractivity contribution >= 4 is 5.91 Å². The molecular formula is C11H16N2O3. The van der Waals surface area contributed by atoms with Gasteiger partial charge in [-0.1, -0.05) is 0 Å². The van der Waals surface area contributed by atoms with E-state index in [2.05, 4.69) is 0 Å². The van der Waals surface area contributed by atoms with Gasteiger partial charge in [-0.05, 0) is 13.0 Å². The maximum absolute atomic E-state index is 11.0. The van der Waals surface area contributed by atoms with E-state index in [0.717, 1.165) is 5.69 Å². The average Bonchev–Trinajstić information content (AvgIpc) is 2.60. The molecular weight excluding hydrogens is 208 g/mol. The highest BCUT2D eigenvalue weighted by Gasteiger charge is 2.31. The molecule has 0 saturated carbocycles. The standard InChI is InChI=1S/C11H16N2O3/c1-11(7-15-2)6-13-4-8(10(12)14)3-9(13)5-16-11/h3-4H,5-7H2,1-2H3,(H2,12,14). The topological polar surface area (TPSA) is 66.5 Å². The molecule has 5 nitrogen and oxygen atoms in total. The summed E-state index contributed by atoms with van der Waals surface area (Å²) in [6.07, 6.45) is 1.77. The fourth-order valence-corrected chi connectivity index (χ4v) is 2.00. The first kappa shape index (κ1) is 11.2. The van der Waals surface area contributed by atoms with Crippen molar-refractivity contribution in [2.75, 3.05) is 13.7 Å². The Kier molecular flexibility index (Phi) is 2.73. The van der Waals surface area contributed by atoms with Crippen LogP contribution in [0.4, 0.5) is 0 Å². The third-order valence-electron chi connectivity index (χ3n) is 2.79. The number of ether oxygens (including phenoxy) is 2. The summed E-state index contributed by atoms with van der Waals surface area (Å²) < 4.78 is 12.9. The minimum Gasteiger partial charge on any atom is -0.382 e. The smallest absolute Gasteiger partial charge is 0.250 e. The van der Waals surface area contributed by atoms with Gasteiger partial charge in [-0.25, -0.2) is 0 Å². The number of carbonyl (C=O) groups is 1. The van der Waals surface area contributed by atoms with E-state index >= 15 is 0 Å². The quantitative estimate of drug-likeness (QED) is 0.814. The van der Waals surface area contributed by atoms with Crippen molar-refractivity contribution in [2.45, 2.75) is 25.7 Å². The van der Waals surface area contributed by atoms with Gasteiger partial charge in [0.05, 0.1) is 25.3 Å². The SMILES string of the molecule is COCC1(C)Cn2cc(C(N)=O)cc2CO1. The van der Waals surface area contributed by atoms with Crippen molar-refractivity contribution in [1.82, 2.24) is 4.57 Å². The van der Waals surface area contributed by atoms with Crippen LogP contribution in [0, 0.1) is 0 Å². The predicted octanol–water partition coefficient (Wildman–Crippen LogP) is 0.522. The number of methoxy groups -OCH3 is 1. The predicted molar refractivity (Wildman–Crippen MR) is 58.0 cm³/mol. The Morgan fingerprint density at radius 3 is 3.12 bits per heavy atom. The van der Waals surface area contributed by atoms with E-state index < -0.39 is 5.91 Å². The zero-order chi connectivity index (χ0) is 11.8. The van der Waals surface area contributed by atoms with E-state index in [1.54, 1.807) is 19.4 Å². The Hall–Kier alpha value is -1.33. The van der Waals surface area contributed by atoms with Gasteiger partial charge in [0.15, 0.2) is 0 Å². The number of rotatable bonds is 3. The highest BCUT2D eigenvalue weighted by Crippen LogP contribution is 2.25. The summed E-state index contributed by atoms with van der Waals surface area (Å²) >= 11 is 0. The van der Waals surface area contributed by atoms with Gasteiger partial charge in [0.25, 0.3) is 0 Å². The molecule has 1 unspecified atom stereocenters. The van der Waals surface area contributed by atoms with Gasteiger partial charge in [0.1, 0.15) is 5.60 Å². The van der Waals surface area contributed by atoms with Crippen molar-refractivity contribution in [3.8, 4) is 0 Å². The lowest BCUT2D eigenvalue weighted by molar-refractivity contribution is -0.112. The highest BCUT2D eigenvalue weighted by molar-refractivity contribution is 5.92. The Labute approximate surface area is 94.1 Å². The first-order chi connectivity index (χ1) is 7.54. The van der Waals surface area contributed by atoms with Crippen LogP contribution in [0.2, 0.25) is 0 Å². The van der Waals surface area contributed by atoms with Gasteiger partial charge in [-0.3, -0.25) is 4.79 Å². The summed E-state index contributed by atoms with van der Waals surface area (Å²) in [5.41, 5.74) is 6.40. The molecule has 0 spiro atoms. The van der Waals surface area contributed by atoms with Crippen LogP contribution >= 0.6 is 0 Å². The number of primary amides is 1. The summed E-state index contributed by atoms with van der Waals surface area (Å²) in [6.45, 7) is 3.66. The lowest BCUT2D eigenvalue weighted by Gasteiger charge is -2.34. The van der Waals surface area contributed by atoms with E-state index in [1.165, 1.54) is 0 Å². The van der Waals surface area contributed by atoms with Gasteiger partial charge < -0.3 is 19.8 Å². The molecule has 0 aromatic carbocycles. The first-order valence-corrected chi connectivity index (χ1v) is 5.16. The number of fused-ring (bicyclic) bond motifs is 1. The second-order valence-corrected chi connectivity index (χ2v) is 4.38. The zero-order valence-corrected chi connectivity index (χ0v) is 9.53. The molecule has 16 heavy (non-hydrogen) atoms. The van der Waals surface area contributed by atoms with Crippen molar-refractivity contribution in [3.63, 3.8) is 0 Å². The average molecular weight is 224 g/mol. The van der Waals surface area contributed by atoms with Crippen LogP contribution in [-0.2, 0) is 22.6 Å². The van der Waals surface area contributed by atoms with Crippen LogP contribution in [0.25, 0.3) is 0 Å². The largest absolute Gasteiger partial charge is 0.382 e. The lowest BCUT2D eigenvalue weighted by atomic mass is 10.1. The van der Waals surface area contributed by atoms with E-state index in [0.29, 0.717) is 25.3 Å². The Morgan fingerprint density at radius 1 is 1.75 bits per heavy atom. The number of aromatic nitrogens is 1. The maximum Gasteiger partial charge on any atom is 0.250 e. The number of carbonyl (C=O) groups excluding carboxylic acids is 1. The van der Waals surface area contributed by atoms with Gasteiger partial charge >= 0.3 is 0 Å². The Morgan fingerprint density at radius 2 is 2.50 bits per heavy atom. The summed E-state index contributed by atoms with van der Waals surface area (Å²) in [7, 11) is 1.65. The minimum absolute atomic E-state index is 0.338. The van der Waals surface area contributed by atoms with Crippen molar-refractivity contribution in [3.05, 3.63) is 23.5 Å². The third-order valence-corrected chi connectivity index (χ3v) is 2.79. The number of hydrogen-bond donors (Lipinski definition) is 1. The number of nitrogens with two attached hydrogens (primary N) is 1. The number of nitrogens with zero attached hydrogens (tertiary/aromatic N) is 1. The van der Waals surface area contributed by atoms with E-state index in [-0.39, 0.29) is 5.60 Å². The fourth-order valence-electron chi connectivity index (χ4n) is 2.00. The van der Waals surface area contributed by atoms with Crippen LogP contribution in [0.3, 0.4) is 0 Å². The van der Waals surface area contributed by atoms with Crippen LogP contribution in [0.1, 0.15) is 23.0 Å². The molecule has 1 aliphatic heterocycles. The molecule has 2 rings (SSSR count). The molecule has 1 aliphatic rings. The number of hydrogen-bond acceptors (Lipinski definition) is 3. The van der Waals surface area contributed by atoms with Crippen molar-refractivity contribution in [2.24, 2.45) is 5.73 Å². The maximum atomic E-state index is 11.0. The van der Waals surface area contributed by atoms with Crippen molar-refractivity contribution in [1.29, 1.82) is 0 Å². The van der Waals surface area contributed by atoms with Gasteiger partial charge in [-0.2, -0.15) is 0 Å². The summed E-state index contributed by atoms with van der Waals surface area (Å²) in [6, 6.07) is 1.77. The molecule has 2 N–H and O–H groups in total. The first-order valence-electron chi connectivity index (χ1n) is 5.16. The second-order valence-electron chi connectivity index (χ2n) is 4.38. The molecule has 1 aromatic rings. The third kappa shape index (κ3) is 1.96. The molecule has 1 atom stereocenters. The molecule has 0 aliphatic carbocycles. The van der Waals surface area contributed by atoms with E-state index in [4.69, 9.17) is 15.2 Å². The Balaban J connectivity index is 2.23. The molecule has 0 saturated heterocycles.